The maximum Gasteiger partial charge on any atom is 0.329 e. The minimum absolute atomic E-state index is 0.0184. The van der Waals surface area contributed by atoms with E-state index in [4.69, 9.17) is 0 Å². The number of carbonyl (C=O) groups is 1. The predicted molar refractivity (Wildman–Crippen MR) is 79.7 cm³/mol. The molecule has 1 aliphatic rings. The van der Waals surface area contributed by atoms with Gasteiger partial charge in [-0.25, -0.2) is 17.9 Å². The van der Waals surface area contributed by atoms with E-state index < -0.39 is 21.5 Å². The number of sulfonamides is 1. The van der Waals surface area contributed by atoms with Gasteiger partial charge in [-0.1, -0.05) is 19.1 Å². The van der Waals surface area contributed by atoms with E-state index in [1.54, 1.807) is 32.0 Å². The van der Waals surface area contributed by atoms with Gasteiger partial charge in [-0.3, -0.25) is 0 Å². The lowest BCUT2D eigenvalue weighted by Gasteiger charge is -2.28. The third-order valence-corrected chi connectivity index (χ3v) is 5.35. The number of anilines is 1. The highest BCUT2D eigenvalue weighted by Crippen LogP contribution is 2.42. The Kier molecular flexibility index (Phi) is 4.25. The van der Waals surface area contributed by atoms with Crippen LogP contribution in [-0.2, 0) is 14.8 Å². The van der Waals surface area contributed by atoms with Gasteiger partial charge >= 0.3 is 5.97 Å². The second-order valence-corrected chi connectivity index (χ2v) is 7.14. The summed E-state index contributed by atoms with van der Waals surface area (Å²) in [6.07, 6.45) is 1.66. The Morgan fingerprint density at radius 3 is 2.52 bits per heavy atom. The average molecular weight is 312 g/mol. The van der Waals surface area contributed by atoms with Gasteiger partial charge in [0.1, 0.15) is 10.4 Å². The number of carboxylic acids is 1. The fraction of sp³-hybridized carbons (Fsp3) is 0.500. The Balaban J connectivity index is 2.39. The number of benzene rings is 1. The molecule has 0 saturated heterocycles. The van der Waals surface area contributed by atoms with Gasteiger partial charge in [-0.2, -0.15) is 0 Å². The Hall–Kier alpha value is -1.60. The Labute approximate surface area is 124 Å². The van der Waals surface area contributed by atoms with E-state index in [1.165, 1.54) is 6.07 Å². The van der Waals surface area contributed by atoms with E-state index in [9.17, 15) is 18.3 Å². The topological polar surface area (TPSA) is 95.5 Å². The summed E-state index contributed by atoms with van der Waals surface area (Å²) < 4.78 is 26.8. The number of hydrogen-bond donors (Lipinski definition) is 3. The fourth-order valence-electron chi connectivity index (χ4n) is 2.34. The molecule has 1 aromatic rings. The molecule has 0 amide bonds. The molecule has 1 saturated carbocycles. The van der Waals surface area contributed by atoms with E-state index in [-0.39, 0.29) is 17.4 Å². The van der Waals surface area contributed by atoms with Crippen LogP contribution < -0.4 is 10.0 Å². The molecule has 7 heteroatoms. The summed E-state index contributed by atoms with van der Waals surface area (Å²) in [5.74, 6) is -0.953. The molecule has 0 aliphatic heterocycles. The molecular formula is C14H20N2O4S. The Morgan fingerprint density at radius 1 is 1.38 bits per heavy atom. The van der Waals surface area contributed by atoms with E-state index >= 15 is 0 Å². The fourth-order valence-corrected chi connectivity index (χ4v) is 3.54. The molecule has 1 aliphatic carbocycles. The highest BCUT2D eigenvalue weighted by Gasteiger charge is 2.48. The van der Waals surface area contributed by atoms with Crippen molar-refractivity contribution >= 4 is 21.7 Å². The van der Waals surface area contributed by atoms with Crippen molar-refractivity contribution in [2.75, 3.05) is 11.9 Å². The van der Waals surface area contributed by atoms with Crippen LogP contribution in [0.3, 0.4) is 0 Å². The van der Waals surface area contributed by atoms with Gasteiger partial charge in [-0.15, -0.1) is 0 Å². The first-order valence-electron chi connectivity index (χ1n) is 6.91. The van der Waals surface area contributed by atoms with Crippen LogP contribution in [0.4, 0.5) is 5.69 Å². The van der Waals surface area contributed by atoms with Crippen LogP contribution in [0.2, 0.25) is 0 Å². The Bertz CT molecular complexity index is 640. The summed E-state index contributed by atoms with van der Waals surface area (Å²) in [4.78, 5) is 11.6. The van der Waals surface area contributed by atoms with E-state index in [0.29, 0.717) is 5.69 Å². The number of nitrogens with one attached hydrogen (secondary N) is 2. The van der Waals surface area contributed by atoms with Crippen molar-refractivity contribution in [3.63, 3.8) is 0 Å². The van der Waals surface area contributed by atoms with Gasteiger partial charge in [0.2, 0.25) is 10.0 Å². The summed E-state index contributed by atoms with van der Waals surface area (Å²) in [6, 6.07) is 6.36. The summed E-state index contributed by atoms with van der Waals surface area (Å²) in [5, 5.41) is 12.4. The molecular weight excluding hydrogens is 292 g/mol. The largest absolute Gasteiger partial charge is 0.480 e. The van der Waals surface area contributed by atoms with E-state index in [0.717, 1.165) is 12.8 Å². The third-order valence-electron chi connectivity index (χ3n) is 3.74. The van der Waals surface area contributed by atoms with Crippen molar-refractivity contribution in [2.24, 2.45) is 5.92 Å². The molecule has 0 aromatic heterocycles. The zero-order valence-corrected chi connectivity index (χ0v) is 12.9. The summed E-state index contributed by atoms with van der Waals surface area (Å²) in [5.41, 5.74) is -0.840. The number of rotatable bonds is 7. The van der Waals surface area contributed by atoms with Crippen LogP contribution in [0.15, 0.2) is 29.2 Å². The van der Waals surface area contributed by atoms with Crippen LogP contribution in [0.5, 0.6) is 0 Å². The molecule has 1 atom stereocenters. The lowest BCUT2D eigenvalue weighted by Crippen LogP contribution is -2.46. The van der Waals surface area contributed by atoms with E-state index in [1.807, 2.05) is 0 Å². The first-order chi connectivity index (χ1) is 9.81. The number of carboxylic acid groups (broad SMARTS) is 1. The number of para-hydroxylation sites is 1. The summed E-state index contributed by atoms with van der Waals surface area (Å²) in [6.45, 7) is 3.57. The van der Waals surface area contributed by atoms with Crippen molar-refractivity contribution in [3.8, 4) is 0 Å². The predicted octanol–water partition coefficient (Wildman–Crippen LogP) is 1.65. The van der Waals surface area contributed by atoms with Crippen LogP contribution in [0.1, 0.15) is 26.7 Å². The van der Waals surface area contributed by atoms with Crippen molar-refractivity contribution in [1.29, 1.82) is 0 Å². The summed E-state index contributed by atoms with van der Waals surface area (Å²) >= 11 is 0. The van der Waals surface area contributed by atoms with Gasteiger partial charge in [-0.05, 0) is 37.8 Å². The molecule has 6 nitrogen and oxygen atoms in total. The molecule has 21 heavy (non-hydrogen) atoms. The van der Waals surface area contributed by atoms with Gasteiger partial charge in [0.05, 0.1) is 5.69 Å². The summed E-state index contributed by atoms with van der Waals surface area (Å²) in [7, 11) is -3.65. The Morgan fingerprint density at radius 2 is 2.00 bits per heavy atom. The highest BCUT2D eigenvalue weighted by molar-refractivity contribution is 7.89. The zero-order valence-electron chi connectivity index (χ0n) is 12.1. The lowest BCUT2D eigenvalue weighted by atomic mass is 9.95. The van der Waals surface area contributed by atoms with Gasteiger partial charge in [0, 0.05) is 6.54 Å². The molecule has 0 heterocycles. The second kappa shape index (κ2) is 5.65. The zero-order chi connectivity index (χ0) is 15.7. The van der Waals surface area contributed by atoms with Gasteiger partial charge in [0.25, 0.3) is 0 Å². The lowest BCUT2D eigenvalue weighted by molar-refractivity contribution is -0.142. The van der Waals surface area contributed by atoms with Crippen molar-refractivity contribution in [3.05, 3.63) is 24.3 Å². The van der Waals surface area contributed by atoms with Gasteiger partial charge in [0.15, 0.2) is 0 Å². The number of aliphatic carboxylic acids is 1. The maximum atomic E-state index is 12.2. The average Bonchev–Trinajstić information content (AvgIpc) is 3.23. The first-order valence-corrected chi connectivity index (χ1v) is 8.40. The molecule has 0 spiro atoms. The SMILES string of the molecule is CCNS(=O)(=O)c1ccccc1NC(C)(C(=O)O)C1CC1. The molecule has 0 radical (unpaired) electrons. The monoisotopic (exact) mass is 312 g/mol. The highest BCUT2D eigenvalue weighted by atomic mass is 32.2. The van der Waals surface area contributed by atoms with Crippen molar-refractivity contribution in [1.82, 2.24) is 4.72 Å². The van der Waals surface area contributed by atoms with Crippen LogP contribution in [0.25, 0.3) is 0 Å². The normalized spacial score (nSPS) is 18.0. The van der Waals surface area contributed by atoms with Crippen LogP contribution >= 0.6 is 0 Å². The third kappa shape index (κ3) is 3.19. The van der Waals surface area contributed by atoms with Crippen LogP contribution in [-0.4, -0.2) is 31.6 Å². The quantitative estimate of drug-likeness (QED) is 0.711. The van der Waals surface area contributed by atoms with Gasteiger partial charge < -0.3 is 10.4 Å². The van der Waals surface area contributed by atoms with Crippen molar-refractivity contribution in [2.45, 2.75) is 37.1 Å². The number of hydrogen-bond acceptors (Lipinski definition) is 4. The minimum atomic E-state index is -3.65. The minimum Gasteiger partial charge on any atom is -0.480 e. The molecule has 116 valence electrons. The van der Waals surface area contributed by atoms with Crippen LogP contribution in [0, 0.1) is 5.92 Å². The second-order valence-electron chi connectivity index (χ2n) is 5.40. The molecule has 1 fully saturated rings. The molecule has 1 aromatic carbocycles. The standard InChI is InChI=1S/C14H20N2O4S/c1-3-15-21(19,20)12-7-5-4-6-11(12)16-14(2,13(17)18)10-8-9-10/h4-7,10,15-16H,3,8-9H2,1-2H3,(H,17,18). The molecule has 1 unspecified atom stereocenters. The molecule has 0 bridgehead atoms. The first kappa shape index (κ1) is 15.8. The van der Waals surface area contributed by atoms with E-state index in [2.05, 4.69) is 10.0 Å². The smallest absolute Gasteiger partial charge is 0.329 e. The van der Waals surface area contributed by atoms with Crippen molar-refractivity contribution < 1.29 is 18.3 Å². The molecule has 2 rings (SSSR count). The molecule has 3 N–H and O–H groups in total. The maximum absolute atomic E-state index is 12.2.